The van der Waals surface area contributed by atoms with E-state index >= 15 is 0 Å². The number of carbonyl (C=O) groups is 3. The van der Waals surface area contributed by atoms with Crippen LogP contribution in [0.15, 0.2) is 54.6 Å². The van der Waals surface area contributed by atoms with Gasteiger partial charge in [-0.3, -0.25) is 14.9 Å². The van der Waals surface area contributed by atoms with Crippen LogP contribution in [0.4, 0.5) is 4.79 Å². The third kappa shape index (κ3) is 3.73. The molecule has 0 aliphatic carbocycles. The van der Waals surface area contributed by atoms with Crippen molar-refractivity contribution in [1.29, 1.82) is 0 Å². The Labute approximate surface area is 150 Å². The summed E-state index contributed by atoms with van der Waals surface area (Å²) >= 11 is 0. The number of nitrogens with one attached hydrogen (secondary N) is 3. The zero-order valence-electron chi connectivity index (χ0n) is 14.1. The van der Waals surface area contributed by atoms with Crippen LogP contribution in [0, 0.1) is 0 Å². The molecule has 26 heavy (non-hydrogen) atoms. The lowest BCUT2D eigenvalue weighted by Gasteiger charge is -2.25. The standard InChI is InChI=1S/C19H19N3O4/c1-11(23)15(16-18(25)22-19(26)21-16)20-17(24)14-9-7-13(8-10-14)12-5-3-2-4-6-12/h2-11,15-16,23H,1H3,(H,20,24)(H2,21,22,25,26)/t11-,15+,16?/m1/s1. The minimum Gasteiger partial charge on any atom is -0.391 e. The summed E-state index contributed by atoms with van der Waals surface area (Å²) in [6.45, 7) is 1.45. The number of amides is 4. The smallest absolute Gasteiger partial charge is 0.322 e. The summed E-state index contributed by atoms with van der Waals surface area (Å²) in [5.41, 5.74) is 2.39. The molecule has 1 unspecified atom stereocenters. The molecule has 1 saturated heterocycles. The first-order chi connectivity index (χ1) is 12.5. The zero-order valence-corrected chi connectivity index (χ0v) is 14.1. The van der Waals surface area contributed by atoms with E-state index in [1.807, 2.05) is 42.5 Å². The maximum absolute atomic E-state index is 12.5. The molecule has 1 heterocycles. The van der Waals surface area contributed by atoms with Crippen LogP contribution in [0.3, 0.4) is 0 Å². The minimum atomic E-state index is -1.03. The van der Waals surface area contributed by atoms with Gasteiger partial charge in [0, 0.05) is 5.56 Å². The lowest BCUT2D eigenvalue weighted by molar-refractivity contribution is -0.121. The second kappa shape index (κ2) is 7.37. The van der Waals surface area contributed by atoms with E-state index in [0.29, 0.717) is 5.56 Å². The molecule has 2 aromatic rings. The van der Waals surface area contributed by atoms with Crippen molar-refractivity contribution in [2.45, 2.75) is 25.1 Å². The number of carbonyl (C=O) groups excluding carboxylic acids is 3. The highest BCUT2D eigenvalue weighted by molar-refractivity contribution is 6.05. The van der Waals surface area contributed by atoms with Crippen molar-refractivity contribution in [2.75, 3.05) is 0 Å². The van der Waals surface area contributed by atoms with Crippen LogP contribution < -0.4 is 16.0 Å². The third-order valence-electron chi connectivity index (χ3n) is 4.24. The Morgan fingerprint density at radius 1 is 1.04 bits per heavy atom. The summed E-state index contributed by atoms with van der Waals surface area (Å²) in [4.78, 5) is 35.6. The van der Waals surface area contributed by atoms with Gasteiger partial charge in [-0.25, -0.2) is 4.79 Å². The van der Waals surface area contributed by atoms with E-state index in [9.17, 15) is 19.5 Å². The number of aliphatic hydroxyl groups excluding tert-OH is 1. The molecule has 4 N–H and O–H groups in total. The van der Waals surface area contributed by atoms with Gasteiger partial charge in [0.15, 0.2) is 0 Å². The van der Waals surface area contributed by atoms with Crippen molar-refractivity contribution in [3.8, 4) is 11.1 Å². The summed E-state index contributed by atoms with van der Waals surface area (Å²) in [7, 11) is 0. The second-order valence-corrected chi connectivity index (χ2v) is 6.12. The molecule has 7 heteroatoms. The largest absolute Gasteiger partial charge is 0.391 e. The monoisotopic (exact) mass is 353 g/mol. The van der Waals surface area contributed by atoms with Gasteiger partial charge in [-0.2, -0.15) is 0 Å². The number of imide groups is 1. The Kier molecular flexibility index (Phi) is 4.99. The Morgan fingerprint density at radius 3 is 2.19 bits per heavy atom. The van der Waals surface area contributed by atoms with Crippen LogP contribution in [0.1, 0.15) is 17.3 Å². The lowest BCUT2D eigenvalue weighted by atomic mass is 10.0. The van der Waals surface area contributed by atoms with Crippen molar-refractivity contribution in [3.05, 3.63) is 60.2 Å². The molecule has 0 spiro atoms. The highest BCUT2D eigenvalue weighted by Crippen LogP contribution is 2.19. The first kappa shape index (κ1) is 17.6. The van der Waals surface area contributed by atoms with Gasteiger partial charge in [0.1, 0.15) is 6.04 Å². The highest BCUT2D eigenvalue weighted by atomic mass is 16.3. The van der Waals surface area contributed by atoms with E-state index in [4.69, 9.17) is 0 Å². The number of hydrogen-bond acceptors (Lipinski definition) is 4. The fraction of sp³-hybridized carbons (Fsp3) is 0.211. The van der Waals surface area contributed by atoms with Crippen LogP contribution in [-0.4, -0.2) is 41.1 Å². The van der Waals surface area contributed by atoms with Gasteiger partial charge in [-0.05, 0) is 30.2 Å². The van der Waals surface area contributed by atoms with Crippen molar-refractivity contribution in [2.24, 2.45) is 0 Å². The van der Waals surface area contributed by atoms with Crippen LogP contribution in [0.5, 0.6) is 0 Å². The van der Waals surface area contributed by atoms with Gasteiger partial charge < -0.3 is 15.7 Å². The molecule has 2 aromatic carbocycles. The summed E-state index contributed by atoms with van der Waals surface area (Å²) in [5, 5.41) is 17.0. The van der Waals surface area contributed by atoms with Crippen molar-refractivity contribution in [3.63, 3.8) is 0 Å². The molecular formula is C19H19N3O4. The molecule has 3 atom stereocenters. The van der Waals surface area contributed by atoms with Gasteiger partial charge in [0.05, 0.1) is 12.1 Å². The minimum absolute atomic E-state index is 0.389. The Balaban J connectivity index is 1.74. The molecule has 1 fully saturated rings. The SMILES string of the molecule is C[C@@H](O)[C@H](NC(=O)c1ccc(-c2ccccc2)cc1)C1NC(=O)NC1=O. The molecule has 0 saturated carbocycles. The first-order valence-electron chi connectivity index (χ1n) is 8.21. The molecule has 1 aliphatic heterocycles. The predicted molar refractivity (Wildman–Crippen MR) is 95.3 cm³/mol. The maximum atomic E-state index is 12.5. The van der Waals surface area contributed by atoms with E-state index in [2.05, 4.69) is 16.0 Å². The fourth-order valence-corrected chi connectivity index (χ4v) is 2.85. The van der Waals surface area contributed by atoms with Crippen molar-refractivity contribution < 1.29 is 19.5 Å². The van der Waals surface area contributed by atoms with Crippen molar-refractivity contribution >= 4 is 17.8 Å². The molecule has 3 rings (SSSR count). The number of benzene rings is 2. The van der Waals surface area contributed by atoms with Crippen LogP contribution in [-0.2, 0) is 4.79 Å². The summed E-state index contributed by atoms with van der Waals surface area (Å²) in [6, 6.07) is 14.1. The quantitative estimate of drug-likeness (QED) is 0.603. The van der Waals surface area contributed by atoms with E-state index in [-0.39, 0.29) is 0 Å². The summed E-state index contributed by atoms with van der Waals surface area (Å²) in [5.74, 6) is -1.02. The predicted octanol–water partition coefficient (Wildman–Crippen LogP) is 1.04. The van der Waals surface area contributed by atoms with Gasteiger partial charge >= 0.3 is 6.03 Å². The summed E-state index contributed by atoms with van der Waals surface area (Å²) < 4.78 is 0. The molecule has 7 nitrogen and oxygen atoms in total. The Hall–Kier alpha value is -3.19. The van der Waals surface area contributed by atoms with Crippen LogP contribution in [0.25, 0.3) is 11.1 Å². The number of urea groups is 1. The normalized spacial score (nSPS) is 18.6. The van der Waals surface area contributed by atoms with Crippen LogP contribution >= 0.6 is 0 Å². The second-order valence-electron chi connectivity index (χ2n) is 6.12. The highest BCUT2D eigenvalue weighted by Gasteiger charge is 2.39. The molecule has 0 radical (unpaired) electrons. The fourth-order valence-electron chi connectivity index (χ4n) is 2.85. The molecule has 4 amide bonds. The average Bonchev–Trinajstić information content (AvgIpc) is 2.98. The van der Waals surface area contributed by atoms with E-state index in [0.717, 1.165) is 11.1 Å². The van der Waals surface area contributed by atoms with Crippen LogP contribution in [0.2, 0.25) is 0 Å². The molecule has 0 bridgehead atoms. The maximum Gasteiger partial charge on any atom is 0.322 e. The van der Waals surface area contributed by atoms with Gasteiger partial charge in [0.25, 0.3) is 11.8 Å². The summed E-state index contributed by atoms with van der Waals surface area (Å²) in [6.07, 6.45) is -1.03. The lowest BCUT2D eigenvalue weighted by Crippen LogP contribution is -2.56. The first-order valence-corrected chi connectivity index (χ1v) is 8.21. The Morgan fingerprint density at radius 2 is 1.65 bits per heavy atom. The zero-order chi connectivity index (χ0) is 18.7. The van der Waals surface area contributed by atoms with Gasteiger partial charge in [-0.15, -0.1) is 0 Å². The number of rotatable bonds is 5. The molecule has 0 aromatic heterocycles. The number of aliphatic hydroxyl groups is 1. The molecule has 134 valence electrons. The Bertz CT molecular complexity index is 818. The van der Waals surface area contributed by atoms with Crippen molar-refractivity contribution in [1.82, 2.24) is 16.0 Å². The number of hydrogen-bond donors (Lipinski definition) is 4. The topological polar surface area (TPSA) is 108 Å². The van der Waals surface area contributed by atoms with Gasteiger partial charge in [0.2, 0.25) is 0 Å². The third-order valence-corrected chi connectivity index (χ3v) is 4.24. The molecule has 1 aliphatic rings. The van der Waals surface area contributed by atoms with E-state index in [1.54, 1.807) is 12.1 Å². The molecular weight excluding hydrogens is 334 g/mol. The average molecular weight is 353 g/mol. The van der Waals surface area contributed by atoms with Gasteiger partial charge in [-0.1, -0.05) is 42.5 Å². The van der Waals surface area contributed by atoms with E-state index in [1.165, 1.54) is 6.92 Å². The van der Waals surface area contributed by atoms with E-state index < -0.39 is 36.0 Å².